The number of halogens is 3. The highest BCUT2D eigenvalue weighted by Crippen LogP contribution is 2.46. The standard InChI is InChI=1S/C25H16Cl2.ClH/c26-19-9-5-16(6-10-19)22-13-14-23-21-4-2-1-3-18(21)15-24(23)25(22)17-7-11-20(27)12-8-17;/h1-14H,15H2;1H. The summed E-state index contributed by atoms with van der Waals surface area (Å²) in [5.74, 6) is 0. The van der Waals surface area contributed by atoms with E-state index in [2.05, 4.69) is 60.7 Å². The van der Waals surface area contributed by atoms with Gasteiger partial charge in [-0.3, -0.25) is 0 Å². The second-order valence-electron chi connectivity index (χ2n) is 6.86. The Labute approximate surface area is 181 Å². The third kappa shape index (κ3) is 3.22. The molecule has 0 heterocycles. The van der Waals surface area contributed by atoms with E-state index in [-0.39, 0.29) is 12.4 Å². The molecule has 0 atom stereocenters. The highest BCUT2D eigenvalue weighted by atomic mass is 35.5. The van der Waals surface area contributed by atoms with E-state index in [1.807, 2.05) is 24.3 Å². The van der Waals surface area contributed by atoms with Crippen molar-refractivity contribution >= 4 is 35.6 Å². The molecule has 28 heavy (non-hydrogen) atoms. The fourth-order valence-corrected chi connectivity index (χ4v) is 4.28. The average molecular weight is 424 g/mol. The van der Waals surface area contributed by atoms with Crippen LogP contribution in [0.15, 0.2) is 84.9 Å². The first-order valence-electron chi connectivity index (χ1n) is 8.97. The van der Waals surface area contributed by atoms with Crippen molar-refractivity contribution in [2.75, 3.05) is 0 Å². The van der Waals surface area contributed by atoms with E-state index < -0.39 is 0 Å². The largest absolute Gasteiger partial charge is 0.147 e. The molecule has 5 rings (SSSR count). The third-order valence-electron chi connectivity index (χ3n) is 5.28. The molecule has 1 aliphatic carbocycles. The quantitative estimate of drug-likeness (QED) is 0.268. The molecule has 1 aliphatic rings. The van der Waals surface area contributed by atoms with Crippen LogP contribution in [-0.2, 0) is 6.42 Å². The number of hydrogen-bond donors (Lipinski definition) is 0. The maximum absolute atomic E-state index is 6.15. The van der Waals surface area contributed by atoms with Gasteiger partial charge in [-0.25, -0.2) is 0 Å². The van der Waals surface area contributed by atoms with Crippen molar-refractivity contribution in [2.24, 2.45) is 0 Å². The van der Waals surface area contributed by atoms with Crippen LogP contribution in [0.3, 0.4) is 0 Å². The maximum Gasteiger partial charge on any atom is 0.0406 e. The first-order valence-corrected chi connectivity index (χ1v) is 9.72. The van der Waals surface area contributed by atoms with E-state index in [1.165, 1.54) is 44.5 Å². The number of rotatable bonds is 2. The first kappa shape index (κ1) is 19.1. The summed E-state index contributed by atoms with van der Waals surface area (Å²) in [7, 11) is 0. The second-order valence-corrected chi connectivity index (χ2v) is 7.73. The van der Waals surface area contributed by atoms with Gasteiger partial charge in [-0.1, -0.05) is 83.9 Å². The molecule has 0 saturated heterocycles. The van der Waals surface area contributed by atoms with Crippen molar-refractivity contribution < 1.29 is 0 Å². The van der Waals surface area contributed by atoms with Gasteiger partial charge >= 0.3 is 0 Å². The van der Waals surface area contributed by atoms with E-state index in [4.69, 9.17) is 23.2 Å². The van der Waals surface area contributed by atoms with Gasteiger partial charge in [0.05, 0.1) is 0 Å². The Balaban J connectivity index is 0.00000192. The lowest BCUT2D eigenvalue weighted by atomic mass is 9.88. The Kier molecular flexibility index (Phi) is 5.21. The van der Waals surface area contributed by atoms with Gasteiger partial charge in [-0.2, -0.15) is 0 Å². The van der Waals surface area contributed by atoms with Gasteiger partial charge in [0.25, 0.3) is 0 Å². The van der Waals surface area contributed by atoms with E-state index in [9.17, 15) is 0 Å². The van der Waals surface area contributed by atoms with Crippen LogP contribution >= 0.6 is 35.6 Å². The van der Waals surface area contributed by atoms with E-state index in [1.54, 1.807) is 0 Å². The zero-order valence-corrected chi connectivity index (χ0v) is 17.3. The lowest BCUT2D eigenvalue weighted by Crippen LogP contribution is -1.93. The van der Waals surface area contributed by atoms with Gasteiger partial charge in [-0.15, -0.1) is 12.4 Å². The molecule has 0 radical (unpaired) electrons. The molecule has 0 aliphatic heterocycles. The minimum atomic E-state index is 0. The van der Waals surface area contributed by atoms with Crippen LogP contribution in [0.2, 0.25) is 10.0 Å². The van der Waals surface area contributed by atoms with Gasteiger partial charge in [0.2, 0.25) is 0 Å². The Morgan fingerprint density at radius 2 is 1.11 bits per heavy atom. The molecule has 3 heteroatoms. The van der Waals surface area contributed by atoms with Crippen molar-refractivity contribution in [3.8, 4) is 33.4 Å². The van der Waals surface area contributed by atoms with Crippen molar-refractivity contribution in [3.05, 3.63) is 106 Å². The normalized spacial score (nSPS) is 11.5. The molecule has 0 amide bonds. The van der Waals surface area contributed by atoms with Crippen molar-refractivity contribution in [1.82, 2.24) is 0 Å². The fourth-order valence-electron chi connectivity index (χ4n) is 4.03. The van der Waals surface area contributed by atoms with Crippen LogP contribution in [0, 0.1) is 0 Å². The Hall–Kier alpha value is -2.25. The van der Waals surface area contributed by atoms with Crippen LogP contribution in [0.25, 0.3) is 33.4 Å². The van der Waals surface area contributed by atoms with Crippen molar-refractivity contribution in [2.45, 2.75) is 6.42 Å². The Morgan fingerprint density at radius 1 is 0.536 bits per heavy atom. The topological polar surface area (TPSA) is 0 Å². The Bertz CT molecular complexity index is 1140. The minimum Gasteiger partial charge on any atom is -0.147 e. The van der Waals surface area contributed by atoms with Gasteiger partial charge < -0.3 is 0 Å². The van der Waals surface area contributed by atoms with E-state index in [0.29, 0.717) is 0 Å². The summed E-state index contributed by atoms with van der Waals surface area (Å²) in [6.45, 7) is 0. The van der Waals surface area contributed by atoms with Gasteiger partial charge in [0.15, 0.2) is 0 Å². The predicted molar refractivity (Wildman–Crippen MR) is 123 cm³/mol. The molecule has 4 aromatic carbocycles. The monoisotopic (exact) mass is 422 g/mol. The highest BCUT2D eigenvalue weighted by Gasteiger charge is 2.24. The number of benzene rings is 4. The van der Waals surface area contributed by atoms with Crippen LogP contribution in [0.4, 0.5) is 0 Å². The summed E-state index contributed by atoms with van der Waals surface area (Å²) >= 11 is 12.3. The van der Waals surface area contributed by atoms with E-state index >= 15 is 0 Å². The molecule has 0 unspecified atom stereocenters. The minimum absolute atomic E-state index is 0. The molecule has 4 aromatic rings. The molecule has 0 fully saturated rings. The fraction of sp³-hybridized carbons (Fsp3) is 0.0400. The lowest BCUT2D eigenvalue weighted by molar-refractivity contribution is 1.26. The molecular weight excluding hydrogens is 407 g/mol. The second kappa shape index (κ2) is 7.64. The van der Waals surface area contributed by atoms with Crippen LogP contribution in [0.1, 0.15) is 11.1 Å². The zero-order chi connectivity index (χ0) is 18.4. The average Bonchev–Trinajstić information content (AvgIpc) is 3.07. The predicted octanol–water partition coefficient (Wildman–Crippen LogP) is 8.32. The van der Waals surface area contributed by atoms with E-state index in [0.717, 1.165) is 16.5 Å². The summed E-state index contributed by atoms with van der Waals surface area (Å²) < 4.78 is 0. The van der Waals surface area contributed by atoms with Crippen LogP contribution in [0.5, 0.6) is 0 Å². The smallest absolute Gasteiger partial charge is 0.0406 e. The Morgan fingerprint density at radius 3 is 1.79 bits per heavy atom. The van der Waals surface area contributed by atoms with Crippen LogP contribution in [-0.4, -0.2) is 0 Å². The molecule has 0 N–H and O–H groups in total. The molecular formula is C25H17Cl3. The molecule has 0 saturated carbocycles. The summed E-state index contributed by atoms with van der Waals surface area (Å²) in [6, 6.07) is 29.4. The van der Waals surface area contributed by atoms with Gasteiger partial charge in [0, 0.05) is 10.0 Å². The first-order chi connectivity index (χ1) is 13.2. The lowest BCUT2D eigenvalue weighted by Gasteiger charge is -2.16. The number of hydrogen-bond acceptors (Lipinski definition) is 0. The summed E-state index contributed by atoms with van der Waals surface area (Å²) in [6.07, 6.45) is 0.949. The van der Waals surface area contributed by atoms with Crippen molar-refractivity contribution in [1.29, 1.82) is 0 Å². The van der Waals surface area contributed by atoms with Crippen molar-refractivity contribution in [3.63, 3.8) is 0 Å². The van der Waals surface area contributed by atoms with Gasteiger partial charge in [-0.05, 0) is 75.2 Å². The van der Waals surface area contributed by atoms with Crippen LogP contribution < -0.4 is 0 Å². The molecule has 0 aromatic heterocycles. The maximum atomic E-state index is 6.15. The summed E-state index contributed by atoms with van der Waals surface area (Å²) in [4.78, 5) is 0. The number of fused-ring (bicyclic) bond motifs is 3. The zero-order valence-electron chi connectivity index (χ0n) is 15.0. The molecule has 0 nitrogen and oxygen atoms in total. The highest BCUT2D eigenvalue weighted by molar-refractivity contribution is 6.31. The summed E-state index contributed by atoms with van der Waals surface area (Å²) in [5, 5.41) is 1.50. The molecule has 0 spiro atoms. The SMILES string of the molecule is Cl.Clc1ccc(-c2ccc3c(c2-c2ccc(Cl)cc2)Cc2ccccc2-3)cc1. The molecule has 0 bridgehead atoms. The summed E-state index contributed by atoms with van der Waals surface area (Å²) in [5.41, 5.74) is 10.3. The van der Waals surface area contributed by atoms with Gasteiger partial charge in [0.1, 0.15) is 0 Å². The third-order valence-corrected chi connectivity index (χ3v) is 5.78. The molecule has 138 valence electrons.